The van der Waals surface area contributed by atoms with Crippen LogP contribution in [0.25, 0.3) is 0 Å². The van der Waals surface area contributed by atoms with Crippen LogP contribution < -0.4 is 5.32 Å². The number of nitrogens with one attached hydrogen (secondary N) is 1. The Labute approximate surface area is 121 Å². The van der Waals surface area contributed by atoms with E-state index in [0.717, 1.165) is 11.3 Å². The van der Waals surface area contributed by atoms with Crippen LogP contribution in [0.15, 0.2) is 18.0 Å². The molecular formula is C13H18N2O4S. The molecule has 0 atom stereocenters. The maximum Gasteiger partial charge on any atom is 0.347 e. The Morgan fingerprint density at radius 2 is 1.85 bits per heavy atom. The number of nitrogens with zero attached hydrogens (tertiary/aromatic N) is 1. The van der Waals surface area contributed by atoms with Crippen LogP contribution in [0.3, 0.4) is 0 Å². The molecular weight excluding hydrogens is 280 g/mol. The first-order chi connectivity index (χ1) is 9.62. The number of rotatable bonds is 7. The maximum absolute atomic E-state index is 11.7. The van der Waals surface area contributed by atoms with Crippen molar-refractivity contribution < 1.29 is 19.1 Å². The highest BCUT2D eigenvalue weighted by Gasteiger charge is 2.21. The molecule has 0 amide bonds. The summed E-state index contributed by atoms with van der Waals surface area (Å²) in [7, 11) is 0. The number of ether oxygens (including phenoxy) is 2. The molecule has 0 spiro atoms. The first kappa shape index (κ1) is 16.2. The van der Waals surface area contributed by atoms with E-state index in [0.29, 0.717) is 5.13 Å². The van der Waals surface area contributed by atoms with E-state index in [4.69, 9.17) is 9.47 Å². The molecule has 1 N–H and O–H groups in total. The standard InChI is InChI=1S/C13H18N2O4S/c1-4-9-7-14-13(20-9)15-8-10(11(16)18-5-2)12(17)19-6-3/h7-8H,4-6H2,1-3H3,(H,14,15). The second kappa shape index (κ2) is 8.31. The predicted molar refractivity (Wildman–Crippen MR) is 76.5 cm³/mol. The molecule has 0 aliphatic heterocycles. The second-order valence-corrected chi connectivity index (χ2v) is 4.74. The Balaban J connectivity index is 2.83. The van der Waals surface area contributed by atoms with Crippen LogP contribution in [0, 0.1) is 0 Å². The van der Waals surface area contributed by atoms with Gasteiger partial charge in [0.1, 0.15) is 0 Å². The van der Waals surface area contributed by atoms with Crippen molar-refractivity contribution in [3.05, 3.63) is 22.8 Å². The largest absolute Gasteiger partial charge is 0.462 e. The summed E-state index contributed by atoms with van der Waals surface area (Å²) >= 11 is 1.45. The van der Waals surface area contributed by atoms with Crippen molar-refractivity contribution in [3.63, 3.8) is 0 Å². The van der Waals surface area contributed by atoms with E-state index >= 15 is 0 Å². The summed E-state index contributed by atoms with van der Waals surface area (Å²) in [6.45, 7) is 5.74. The van der Waals surface area contributed by atoms with Crippen LogP contribution in [0.4, 0.5) is 5.13 Å². The zero-order chi connectivity index (χ0) is 15.0. The van der Waals surface area contributed by atoms with Crippen molar-refractivity contribution >= 4 is 28.4 Å². The topological polar surface area (TPSA) is 77.5 Å². The molecule has 6 nitrogen and oxygen atoms in total. The minimum absolute atomic E-state index is 0.179. The Kier molecular flexibility index (Phi) is 6.72. The molecule has 110 valence electrons. The van der Waals surface area contributed by atoms with Crippen LogP contribution in [-0.2, 0) is 25.5 Å². The predicted octanol–water partition coefficient (Wildman–Crippen LogP) is 2.13. The van der Waals surface area contributed by atoms with Gasteiger partial charge in [0.05, 0.1) is 13.2 Å². The average Bonchev–Trinajstić information content (AvgIpc) is 2.87. The van der Waals surface area contributed by atoms with Gasteiger partial charge in [0.2, 0.25) is 0 Å². The van der Waals surface area contributed by atoms with Gasteiger partial charge < -0.3 is 14.8 Å². The Bertz CT molecular complexity index is 476. The lowest BCUT2D eigenvalue weighted by Crippen LogP contribution is -2.19. The van der Waals surface area contributed by atoms with E-state index < -0.39 is 11.9 Å². The molecule has 0 aromatic carbocycles. The van der Waals surface area contributed by atoms with Gasteiger partial charge in [-0.05, 0) is 20.3 Å². The summed E-state index contributed by atoms with van der Waals surface area (Å²) in [4.78, 5) is 28.6. The minimum atomic E-state index is -0.717. The summed E-state index contributed by atoms with van der Waals surface area (Å²) in [5, 5.41) is 3.43. The summed E-state index contributed by atoms with van der Waals surface area (Å²) < 4.78 is 9.64. The first-order valence-electron chi connectivity index (χ1n) is 6.37. The van der Waals surface area contributed by atoms with Gasteiger partial charge in [0, 0.05) is 17.3 Å². The Morgan fingerprint density at radius 3 is 2.30 bits per heavy atom. The number of hydrogen-bond donors (Lipinski definition) is 1. The summed E-state index contributed by atoms with van der Waals surface area (Å²) in [5.74, 6) is -1.43. The monoisotopic (exact) mass is 298 g/mol. The highest BCUT2D eigenvalue weighted by atomic mass is 32.1. The number of carbonyl (C=O) groups excluding carboxylic acids is 2. The Morgan fingerprint density at radius 1 is 1.25 bits per heavy atom. The summed E-state index contributed by atoms with van der Waals surface area (Å²) in [6, 6.07) is 0. The van der Waals surface area contributed by atoms with E-state index in [2.05, 4.69) is 10.3 Å². The molecule has 1 aromatic rings. The smallest absolute Gasteiger partial charge is 0.347 e. The lowest BCUT2D eigenvalue weighted by Gasteiger charge is -2.06. The van der Waals surface area contributed by atoms with Crippen molar-refractivity contribution in [1.82, 2.24) is 4.98 Å². The van der Waals surface area contributed by atoms with Gasteiger partial charge in [-0.3, -0.25) is 0 Å². The van der Waals surface area contributed by atoms with E-state index in [1.807, 2.05) is 6.92 Å². The molecule has 0 bridgehead atoms. The highest BCUT2D eigenvalue weighted by molar-refractivity contribution is 7.15. The van der Waals surface area contributed by atoms with Gasteiger partial charge in [-0.2, -0.15) is 0 Å². The number of esters is 2. The zero-order valence-electron chi connectivity index (χ0n) is 11.8. The van der Waals surface area contributed by atoms with Crippen molar-refractivity contribution in [2.45, 2.75) is 27.2 Å². The van der Waals surface area contributed by atoms with Gasteiger partial charge >= 0.3 is 11.9 Å². The van der Waals surface area contributed by atoms with Crippen LogP contribution >= 0.6 is 11.3 Å². The molecule has 7 heteroatoms. The average molecular weight is 298 g/mol. The van der Waals surface area contributed by atoms with E-state index in [9.17, 15) is 9.59 Å². The molecule has 0 fully saturated rings. The third-order valence-corrected chi connectivity index (χ3v) is 3.31. The fourth-order valence-corrected chi connectivity index (χ4v) is 2.01. The first-order valence-corrected chi connectivity index (χ1v) is 7.19. The second-order valence-electron chi connectivity index (χ2n) is 3.63. The normalized spacial score (nSPS) is 9.75. The SMILES string of the molecule is CCOC(=O)C(=CNc1ncc(CC)s1)C(=O)OCC. The highest BCUT2D eigenvalue weighted by Crippen LogP contribution is 2.18. The van der Waals surface area contributed by atoms with Crippen molar-refractivity contribution in [3.8, 4) is 0 Å². The quantitative estimate of drug-likeness (QED) is 0.359. The van der Waals surface area contributed by atoms with Gasteiger partial charge in [-0.25, -0.2) is 14.6 Å². The number of thiazole rings is 1. The summed E-state index contributed by atoms with van der Waals surface area (Å²) in [6.07, 6.45) is 3.90. The zero-order valence-corrected chi connectivity index (χ0v) is 12.6. The minimum Gasteiger partial charge on any atom is -0.462 e. The van der Waals surface area contributed by atoms with Gasteiger partial charge in [-0.15, -0.1) is 11.3 Å². The van der Waals surface area contributed by atoms with Crippen molar-refractivity contribution in [1.29, 1.82) is 0 Å². The number of aromatic nitrogens is 1. The van der Waals surface area contributed by atoms with Gasteiger partial charge in [0.15, 0.2) is 10.7 Å². The molecule has 1 heterocycles. The van der Waals surface area contributed by atoms with Crippen LogP contribution in [0.1, 0.15) is 25.6 Å². The molecule has 0 saturated heterocycles. The molecule has 0 aliphatic carbocycles. The third-order valence-electron chi connectivity index (χ3n) is 2.23. The van der Waals surface area contributed by atoms with E-state index in [1.165, 1.54) is 17.5 Å². The van der Waals surface area contributed by atoms with Crippen molar-refractivity contribution in [2.75, 3.05) is 18.5 Å². The fraction of sp³-hybridized carbons (Fsp3) is 0.462. The fourth-order valence-electron chi connectivity index (χ4n) is 1.29. The Hall–Kier alpha value is -1.89. The lowest BCUT2D eigenvalue weighted by molar-refractivity contribution is -0.146. The molecule has 0 radical (unpaired) electrons. The van der Waals surface area contributed by atoms with Crippen LogP contribution in [-0.4, -0.2) is 30.1 Å². The van der Waals surface area contributed by atoms with Crippen LogP contribution in [0.2, 0.25) is 0 Å². The van der Waals surface area contributed by atoms with E-state index in [1.54, 1.807) is 20.0 Å². The van der Waals surface area contributed by atoms with Crippen LogP contribution in [0.5, 0.6) is 0 Å². The molecule has 20 heavy (non-hydrogen) atoms. The maximum atomic E-state index is 11.7. The number of hydrogen-bond acceptors (Lipinski definition) is 7. The van der Waals surface area contributed by atoms with Gasteiger partial charge in [-0.1, -0.05) is 6.92 Å². The molecule has 0 unspecified atom stereocenters. The molecule has 1 aromatic heterocycles. The molecule has 0 aliphatic rings. The molecule has 0 saturated carbocycles. The van der Waals surface area contributed by atoms with E-state index in [-0.39, 0.29) is 18.8 Å². The number of anilines is 1. The number of aryl methyl sites for hydroxylation is 1. The summed E-state index contributed by atoms with van der Waals surface area (Å²) in [5.41, 5.74) is -0.179. The number of carbonyl (C=O) groups is 2. The third kappa shape index (κ3) is 4.65. The van der Waals surface area contributed by atoms with Gasteiger partial charge in [0.25, 0.3) is 0 Å². The lowest BCUT2D eigenvalue weighted by atomic mass is 10.3. The molecule has 1 rings (SSSR count). The van der Waals surface area contributed by atoms with Crippen molar-refractivity contribution in [2.24, 2.45) is 0 Å².